The van der Waals surface area contributed by atoms with Crippen LogP contribution in [0, 0.1) is 19.8 Å². The van der Waals surface area contributed by atoms with E-state index >= 15 is 0 Å². The Bertz CT molecular complexity index is 926. The lowest BCUT2D eigenvalue weighted by Gasteiger charge is -2.25. The maximum atomic E-state index is 13.1. The molecule has 162 valence electrons. The number of halogens is 1. The molecule has 0 aromatic heterocycles. The van der Waals surface area contributed by atoms with Gasteiger partial charge in [0.2, 0.25) is 0 Å². The van der Waals surface area contributed by atoms with Crippen LogP contribution in [0.1, 0.15) is 73.0 Å². The Morgan fingerprint density at radius 3 is 2.40 bits per heavy atom. The van der Waals surface area contributed by atoms with E-state index in [1.165, 1.54) is 19.3 Å². The summed E-state index contributed by atoms with van der Waals surface area (Å²) in [6, 6.07) is 0. The molecule has 0 heterocycles. The highest BCUT2D eigenvalue weighted by Gasteiger charge is 2.32. The molecule has 0 saturated heterocycles. The van der Waals surface area contributed by atoms with Gasteiger partial charge in [0.1, 0.15) is 17.3 Å². The highest BCUT2D eigenvalue weighted by atomic mass is 79.9. The largest absolute Gasteiger partial charge is 0.506 e. The fourth-order valence-electron chi connectivity index (χ4n) is 4.16. The number of phenolic OH excluding ortho intramolecular Hbond substituents is 1. The number of phenols is 1. The molecule has 0 amide bonds. The van der Waals surface area contributed by atoms with Crippen LogP contribution in [-0.4, -0.2) is 29.6 Å². The number of ketones is 3. The Labute approximate surface area is 186 Å². The Kier molecular flexibility index (Phi) is 7.81. The van der Waals surface area contributed by atoms with Crippen LogP contribution in [0.3, 0.4) is 0 Å². The number of Topliss-reactive ketones (excluding diaryl/α,β-unsaturated/α-hetero) is 2. The van der Waals surface area contributed by atoms with Crippen molar-refractivity contribution in [3.05, 3.63) is 50.2 Å². The summed E-state index contributed by atoms with van der Waals surface area (Å²) in [5.41, 5.74) is 3.43. The third kappa shape index (κ3) is 4.59. The SMILES string of the molecule is CCCC(=O)c1c(C)c(C)c(C(C)CC(=O)C2C(C)=CC(=O)C=C2OC)c(Br)c1O. The first kappa shape index (κ1) is 24.1. The number of allylic oxidation sites excluding steroid dienone is 3. The number of hydrogen-bond donors (Lipinski definition) is 1. The minimum atomic E-state index is -0.589. The second kappa shape index (κ2) is 9.73. The number of benzene rings is 1. The molecule has 0 bridgehead atoms. The second-order valence-electron chi connectivity index (χ2n) is 7.92. The van der Waals surface area contributed by atoms with Crippen molar-refractivity contribution in [3.63, 3.8) is 0 Å². The van der Waals surface area contributed by atoms with Crippen molar-refractivity contribution in [2.24, 2.45) is 5.92 Å². The molecule has 0 fully saturated rings. The van der Waals surface area contributed by atoms with Crippen molar-refractivity contribution >= 4 is 33.3 Å². The van der Waals surface area contributed by atoms with Crippen molar-refractivity contribution in [2.75, 3.05) is 7.11 Å². The second-order valence-corrected chi connectivity index (χ2v) is 8.71. The summed E-state index contributed by atoms with van der Waals surface area (Å²) in [7, 11) is 1.45. The van der Waals surface area contributed by atoms with Gasteiger partial charge in [0.25, 0.3) is 0 Å². The summed E-state index contributed by atoms with van der Waals surface area (Å²) in [4.78, 5) is 37.4. The van der Waals surface area contributed by atoms with Gasteiger partial charge in [-0.1, -0.05) is 19.4 Å². The van der Waals surface area contributed by atoms with Crippen LogP contribution in [-0.2, 0) is 14.3 Å². The molecule has 1 aromatic rings. The fourth-order valence-corrected chi connectivity index (χ4v) is 5.04. The highest BCUT2D eigenvalue weighted by Crippen LogP contribution is 2.42. The molecule has 6 heteroatoms. The molecule has 0 saturated carbocycles. The van der Waals surface area contributed by atoms with Crippen LogP contribution in [0.5, 0.6) is 5.75 Å². The molecule has 2 rings (SSSR count). The lowest BCUT2D eigenvalue weighted by atomic mass is 9.81. The Morgan fingerprint density at radius 2 is 1.83 bits per heavy atom. The van der Waals surface area contributed by atoms with Crippen LogP contribution >= 0.6 is 15.9 Å². The number of aromatic hydroxyl groups is 1. The summed E-state index contributed by atoms with van der Waals surface area (Å²) in [6.07, 6.45) is 4.08. The Hall–Kier alpha value is -2.21. The van der Waals surface area contributed by atoms with Crippen LogP contribution in [0.2, 0.25) is 0 Å². The maximum Gasteiger partial charge on any atom is 0.181 e. The summed E-state index contributed by atoms with van der Waals surface area (Å²) in [5, 5.41) is 10.7. The van der Waals surface area contributed by atoms with E-state index in [-0.39, 0.29) is 35.4 Å². The van der Waals surface area contributed by atoms with E-state index in [9.17, 15) is 19.5 Å². The van der Waals surface area contributed by atoms with Crippen molar-refractivity contribution in [2.45, 2.75) is 59.8 Å². The van der Waals surface area contributed by atoms with Gasteiger partial charge < -0.3 is 9.84 Å². The number of methoxy groups -OCH3 is 1. The topological polar surface area (TPSA) is 80.7 Å². The van der Waals surface area contributed by atoms with E-state index in [4.69, 9.17) is 4.74 Å². The van der Waals surface area contributed by atoms with Gasteiger partial charge in [0.15, 0.2) is 11.6 Å². The predicted octanol–water partition coefficient (Wildman–Crippen LogP) is 5.49. The number of hydrogen-bond acceptors (Lipinski definition) is 5. The van der Waals surface area contributed by atoms with Crippen LogP contribution in [0.4, 0.5) is 0 Å². The average Bonchev–Trinajstić information content (AvgIpc) is 2.66. The number of carbonyl (C=O) groups is 3. The smallest absolute Gasteiger partial charge is 0.181 e. The zero-order chi connectivity index (χ0) is 22.7. The lowest BCUT2D eigenvalue weighted by Crippen LogP contribution is -2.24. The van der Waals surface area contributed by atoms with Gasteiger partial charge in [0.05, 0.1) is 23.1 Å². The minimum Gasteiger partial charge on any atom is -0.506 e. The number of rotatable bonds is 8. The molecule has 1 aliphatic carbocycles. The van der Waals surface area contributed by atoms with Crippen LogP contribution in [0.25, 0.3) is 0 Å². The summed E-state index contributed by atoms with van der Waals surface area (Å²) < 4.78 is 5.75. The van der Waals surface area contributed by atoms with Gasteiger partial charge in [-0.3, -0.25) is 14.4 Å². The number of ether oxygens (including phenoxy) is 1. The van der Waals surface area contributed by atoms with Gasteiger partial charge in [0, 0.05) is 18.9 Å². The van der Waals surface area contributed by atoms with E-state index in [2.05, 4.69) is 15.9 Å². The molecule has 2 unspecified atom stereocenters. The van der Waals surface area contributed by atoms with Gasteiger partial charge in [-0.25, -0.2) is 0 Å². The van der Waals surface area contributed by atoms with Gasteiger partial charge in [-0.05, 0) is 71.8 Å². The lowest BCUT2D eigenvalue weighted by molar-refractivity contribution is -0.122. The first-order valence-electron chi connectivity index (χ1n) is 10.1. The van der Waals surface area contributed by atoms with Gasteiger partial charge in [-0.15, -0.1) is 0 Å². The van der Waals surface area contributed by atoms with Gasteiger partial charge >= 0.3 is 0 Å². The zero-order valence-corrected chi connectivity index (χ0v) is 20.0. The van der Waals surface area contributed by atoms with E-state index < -0.39 is 5.92 Å². The molecule has 0 radical (unpaired) electrons. The molecule has 30 heavy (non-hydrogen) atoms. The quantitative estimate of drug-likeness (QED) is 0.501. The van der Waals surface area contributed by atoms with Crippen LogP contribution < -0.4 is 0 Å². The van der Waals surface area contributed by atoms with E-state index in [1.54, 1.807) is 6.92 Å². The van der Waals surface area contributed by atoms with Crippen molar-refractivity contribution in [1.29, 1.82) is 0 Å². The number of carbonyl (C=O) groups excluding carboxylic acids is 3. The molecule has 5 nitrogen and oxygen atoms in total. The standard InChI is InChI=1S/C24H29BrO5/c1-7-8-17(27)22-15(5)14(4)20(23(25)24(22)29)13(3)10-18(28)21-12(2)9-16(26)11-19(21)30-6/h9,11,13,21,29H,7-8,10H2,1-6H3. The maximum absolute atomic E-state index is 13.1. The first-order valence-corrected chi connectivity index (χ1v) is 10.9. The third-order valence-electron chi connectivity index (χ3n) is 5.73. The highest BCUT2D eigenvalue weighted by molar-refractivity contribution is 9.10. The molecule has 1 N–H and O–H groups in total. The van der Waals surface area contributed by atoms with Gasteiger partial charge in [-0.2, -0.15) is 0 Å². The molecule has 2 atom stereocenters. The fraction of sp³-hybridized carbons (Fsp3) is 0.458. The molecule has 0 spiro atoms. The summed E-state index contributed by atoms with van der Waals surface area (Å²) in [5.74, 6) is -0.853. The normalized spacial score (nSPS) is 17.3. The minimum absolute atomic E-state index is 0.0635. The molecule has 1 aliphatic rings. The first-order chi connectivity index (χ1) is 14.0. The van der Waals surface area contributed by atoms with E-state index in [1.807, 2.05) is 27.7 Å². The molecular weight excluding hydrogens is 448 g/mol. The molecular formula is C24H29BrO5. The zero-order valence-electron chi connectivity index (χ0n) is 18.4. The van der Waals surface area contributed by atoms with E-state index in [0.29, 0.717) is 34.2 Å². The summed E-state index contributed by atoms with van der Waals surface area (Å²) in [6.45, 7) is 9.33. The monoisotopic (exact) mass is 476 g/mol. The molecule has 0 aliphatic heterocycles. The molecule has 1 aromatic carbocycles. The third-order valence-corrected chi connectivity index (χ3v) is 6.53. The predicted molar refractivity (Wildman–Crippen MR) is 120 cm³/mol. The van der Waals surface area contributed by atoms with Crippen LogP contribution in [0.15, 0.2) is 28.0 Å². The van der Waals surface area contributed by atoms with Crippen molar-refractivity contribution in [1.82, 2.24) is 0 Å². The Balaban J connectivity index is 2.40. The van der Waals surface area contributed by atoms with Crippen molar-refractivity contribution in [3.8, 4) is 5.75 Å². The van der Waals surface area contributed by atoms with Crippen molar-refractivity contribution < 1.29 is 24.2 Å². The Morgan fingerprint density at radius 1 is 1.20 bits per heavy atom. The average molecular weight is 477 g/mol. The van der Waals surface area contributed by atoms with E-state index in [0.717, 1.165) is 16.7 Å². The summed E-state index contributed by atoms with van der Waals surface area (Å²) >= 11 is 3.46.